The lowest BCUT2D eigenvalue weighted by Crippen LogP contribution is -2.00. The maximum atomic E-state index is 11.4. The minimum atomic E-state index is -4.91. The molecule has 0 spiro atoms. The molecule has 0 aliphatic heterocycles. The predicted octanol–water partition coefficient (Wildman–Crippen LogP) is 1.93. The summed E-state index contributed by atoms with van der Waals surface area (Å²) in [5.41, 5.74) is 10.9. The smallest absolute Gasteiger partial charge is 0.126 e. The zero-order valence-corrected chi connectivity index (χ0v) is 15.9. The molecule has 0 amide bonds. The van der Waals surface area contributed by atoms with E-state index in [0.29, 0.717) is 0 Å². The van der Waals surface area contributed by atoms with E-state index in [4.69, 9.17) is 11.5 Å². The number of rotatable bonds is 4. The molecule has 0 aliphatic rings. The second-order valence-electron chi connectivity index (χ2n) is 5.88. The Kier molecular flexibility index (Phi) is 4.92. The molecule has 0 saturated heterocycles. The number of hydrogen-bond donors (Lipinski definition) is 3. The maximum Gasteiger partial charge on any atom is 0.126 e. The van der Waals surface area contributed by atoms with Crippen molar-refractivity contribution < 1.29 is 31.0 Å². The van der Waals surface area contributed by atoms with Crippen LogP contribution in [0.15, 0.2) is 62.5 Å². The summed E-state index contributed by atoms with van der Waals surface area (Å²) in [6.07, 6.45) is 0. The number of nitrogens with two attached hydrogens (primary N) is 2. The second-order valence-corrected chi connectivity index (χ2v) is 8.61. The van der Waals surface area contributed by atoms with Crippen molar-refractivity contribution in [2.24, 2.45) is 10.2 Å². The van der Waals surface area contributed by atoms with E-state index in [2.05, 4.69) is 10.2 Å². The normalized spacial score (nSPS) is 12.6. The van der Waals surface area contributed by atoms with Crippen LogP contribution in [0.5, 0.6) is 5.75 Å². The van der Waals surface area contributed by atoms with Gasteiger partial charge in [-0.15, -0.1) is 10.2 Å². The van der Waals surface area contributed by atoms with Crippen LogP contribution in [0.25, 0.3) is 10.8 Å². The van der Waals surface area contributed by atoms with Crippen LogP contribution >= 0.6 is 0 Å². The summed E-state index contributed by atoms with van der Waals surface area (Å²) in [5.74, 6) is -0.604. The van der Waals surface area contributed by atoms with Crippen LogP contribution in [0.4, 0.5) is 22.7 Å². The zero-order chi connectivity index (χ0) is 21.6. The van der Waals surface area contributed by atoms with Gasteiger partial charge in [-0.25, -0.2) is 16.8 Å². The molecule has 0 saturated carbocycles. The van der Waals surface area contributed by atoms with Gasteiger partial charge in [-0.05, 0) is 41.8 Å². The van der Waals surface area contributed by atoms with Crippen LogP contribution in [0.2, 0.25) is 0 Å². The first-order valence-electron chi connectivity index (χ1n) is 7.66. The molecule has 3 aromatic carbocycles. The molecule has 0 atom stereocenters. The first-order chi connectivity index (χ1) is 13.4. The summed E-state index contributed by atoms with van der Waals surface area (Å²) in [5, 5.41) is 17.9. The third kappa shape index (κ3) is 4.12. The number of anilines is 2. The third-order valence-corrected chi connectivity index (χ3v) is 5.55. The van der Waals surface area contributed by atoms with Gasteiger partial charge in [0.25, 0.3) is 0 Å². The van der Waals surface area contributed by atoms with E-state index in [0.717, 1.165) is 24.3 Å². The highest BCUT2D eigenvalue weighted by molar-refractivity contribution is 7.86. The molecule has 13 heteroatoms. The standard InChI is InChI=1S/C16H14N4O7S2/c17-9-2-4-12(14(6-9)29(25,26)27)19-20-16-11(18)3-1-8-5-10(28(22,23)24)7-13(21)15(8)16/h1-7,21H,17-18H2,(H,22,23,24)(H,25,26,27)/p-2. The van der Waals surface area contributed by atoms with Crippen LogP contribution in [0.3, 0.4) is 0 Å². The lowest BCUT2D eigenvalue weighted by molar-refractivity contribution is 0.457. The minimum Gasteiger partial charge on any atom is -0.744 e. The third-order valence-electron chi connectivity index (χ3n) is 3.87. The molecule has 5 N–H and O–H groups in total. The Hall–Kier alpha value is -3.26. The van der Waals surface area contributed by atoms with Crippen LogP contribution in [0, 0.1) is 0 Å². The largest absolute Gasteiger partial charge is 0.744 e. The van der Waals surface area contributed by atoms with Gasteiger partial charge in [0.15, 0.2) is 0 Å². The molecule has 0 fully saturated rings. The van der Waals surface area contributed by atoms with Crippen LogP contribution in [0.1, 0.15) is 0 Å². The average molecular weight is 436 g/mol. The topological polar surface area (TPSA) is 211 Å². The molecule has 11 nitrogen and oxygen atoms in total. The van der Waals surface area contributed by atoms with Crippen molar-refractivity contribution in [3.05, 3.63) is 42.5 Å². The van der Waals surface area contributed by atoms with Gasteiger partial charge in [0, 0.05) is 5.69 Å². The average Bonchev–Trinajstić information content (AvgIpc) is 2.60. The summed E-state index contributed by atoms with van der Waals surface area (Å²) in [4.78, 5) is -1.36. The van der Waals surface area contributed by atoms with E-state index < -0.39 is 35.8 Å². The van der Waals surface area contributed by atoms with Gasteiger partial charge in [-0.2, -0.15) is 0 Å². The van der Waals surface area contributed by atoms with E-state index in [1.54, 1.807) is 0 Å². The number of azo groups is 1. The van der Waals surface area contributed by atoms with E-state index >= 15 is 0 Å². The fraction of sp³-hybridized carbons (Fsp3) is 0. The summed E-state index contributed by atoms with van der Waals surface area (Å²) in [6.45, 7) is 0. The number of fused-ring (bicyclic) bond motifs is 1. The summed E-state index contributed by atoms with van der Waals surface area (Å²) < 4.78 is 67.9. The second kappa shape index (κ2) is 6.97. The highest BCUT2D eigenvalue weighted by Gasteiger charge is 2.15. The van der Waals surface area contributed by atoms with Crippen LogP contribution < -0.4 is 11.5 Å². The van der Waals surface area contributed by atoms with Crippen molar-refractivity contribution >= 4 is 53.8 Å². The monoisotopic (exact) mass is 436 g/mol. The van der Waals surface area contributed by atoms with Crippen molar-refractivity contribution in [2.45, 2.75) is 9.79 Å². The van der Waals surface area contributed by atoms with Crippen molar-refractivity contribution in [1.82, 2.24) is 0 Å². The number of aromatic hydroxyl groups is 1. The first kappa shape index (κ1) is 20.5. The van der Waals surface area contributed by atoms with Crippen LogP contribution in [-0.2, 0) is 20.2 Å². The van der Waals surface area contributed by atoms with E-state index in [1.807, 2.05) is 0 Å². The molecule has 0 aliphatic carbocycles. The Bertz CT molecular complexity index is 1380. The molecule has 152 valence electrons. The lowest BCUT2D eigenvalue weighted by atomic mass is 10.1. The van der Waals surface area contributed by atoms with Crippen LogP contribution in [-0.4, -0.2) is 31.0 Å². The Morgan fingerprint density at radius 3 is 2.17 bits per heavy atom. The number of hydrogen-bond acceptors (Lipinski definition) is 11. The molecule has 3 rings (SSSR count). The SMILES string of the molecule is Nc1ccc(N=Nc2c(N)ccc3cc(S(=O)(=O)[O-])cc(O)c23)c(S(=O)(=O)[O-])c1. The predicted molar refractivity (Wildman–Crippen MR) is 101 cm³/mol. The van der Waals surface area contributed by atoms with E-state index in [9.17, 15) is 31.0 Å². The summed E-state index contributed by atoms with van der Waals surface area (Å²) >= 11 is 0. The molecule has 29 heavy (non-hydrogen) atoms. The Labute approximate surface area is 164 Å². The Morgan fingerprint density at radius 1 is 0.862 bits per heavy atom. The van der Waals surface area contributed by atoms with E-state index in [1.165, 1.54) is 18.2 Å². The van der Waals surface area contributed by atoms with Gasteiger partial charge in [-0.1, -0.05) is 6.07 Å². The Balaban J connectivity index is 2.23. The zero-order valence-electron chi connectivity index (χ0n) is 14.3. The number of nitrogens with zero attached hydrogens (tertiary/aromatic N) is 2. The summed E-state index contributed by atoms with van der Waals surface area (Å²) in [6, 6.07) is 7.82. The highest BCUT2D eigenvalue weighted by Crippen LogP contribution is 2.40. The number of benzene rings is 3. The van der Waals surface area contributed by atoms with Crippen molar-refractivity contribution in [2.75, 3.05) is 11.5 Å². The molecular weight excluding hydrogens is 424 g/mol. The van der Waals surface area contributed by atoms with E-state index in [-0.39, 0.29) is 33.5 Å². The number of phenols is 1. The van der Waals surface area contributed by atoms with Gasteiger partial charge in [0.05, 0.1) is 20.9 Å². The van der Waals surface area contributed by atoms with Gasteiger partial charge >= 0.3 is 0 Å². The molecule has 0 heterocycles. The molecule has 0 radical (unpaired) electrons. The fourth-order valence-corrected chi connectivity index (χ4v) is 3.76. The van der Waals surface area contributed by atoms with Gasteiger partial charge in [0.2, 0.25) is 0 Å². The molecule has 0 unspecified atom stereocenters. The minimum absolute atomic E-state index is 0.0104. The molecule has 3 aromatic rings. The van der Waals surface area contributed by atoms with Gasteiger partial charge < -0.3 is 25.7 Å². The quantitative estimate of drug-likeness (QED) is 0.309. The van der Waals surface area contributed by atoms with Gasteiger partial charge in [-0.3, -0.25) is 0 Å². The fourth-order valence-electron chi connectivity index (χ4n) is 2.58. The molecule has 0 aromatic heterocycles. The first-order valence-corrected chi connectivity index (χ1v) is 10.5. The highest BCUT2D eigenvalue weighted by atomic mass is 32.2. The lowest BCUT2D eigenvalue weighted by Gasteiger charge is -2.12. The maximum absolute atomic E-state index is 11.4. The number of phenolic OH excluding ortho intramolecular Hbond substituents is 1. The molecular formula is C16H12N4O7S2-2. The van der Waals surface area contributed by atoms with Gasteiger partial charge in [0.1, 0.15) is 37.4 Å². The van der Waals surface area contributed by atoms with Crippen molar-refractivity contribution in [3.63, 3.8) is 0 Å². The molecule has 0 bridgehead atoms. The van der Waals surface area contributed by atoms with Crippen molar-refractivity contribution in [3.8, 4) is 5.75 Å². The summed E-state index contributed by atoms with van der Waals surface area (Å²) in [7, 11) is -9.74. The number of nitrogen functional groups attached to an aromatic ring is 2. The van der Waals surface area contributed by atoms with Crippen molar-refractivity contribution in [1.29, 1.82) is 0 Å². The Morgan fingerprint density at radius 2 is 1.55 bits per heavy atom.